The molecule has 1 atom stereocenters. The second kappa shape index (κ2) is 9.27. The van der Waals surface area contributed by atoms with Crippen molar-refractivity contribution in [3.8, 4) is 0 Å². The number of nitrogens with zero attached hydrogens (tertiary/aromatic N) is 2. The predicted molar refractivity (Wildman–Crippen MR) is 129 cm³/mol. The minimum absolute atomic E-state index is 0.0605. The van der Waals surface area contributed by atoms with E-state index in [9.17, 15) is 9.59 Å². The SMILES string of the molecule is CN(C)c1ccc(N2C(=O)CSC2c2cccc(NC(=O)Cc3ccccc3)c2)cc1. The molecule has 0 bridgehead atoms. The van der Waals surface area contributed by atoms with Crippen molar-refractivity contribution in [1.29, 1.82) is 0 Å². The maximum atomic E-state index is 12.7. The van der Waals surface area contributed by atoms with Gasteiger partial charge in [-0.15, -0.1) is 11.8 Å². The zero-order valence-electron chi connectivity index (χ0n) is 17.6. The van der Waals surface area contributed by atoms with Gasteiger partial charge in [-0.2, -0.15) is 0 Å². The number of carbonyl (C=O) groups is 2. The van der Waals surface area contributed by atoms with Crippen molar-refractivity contribution in [3.05, 3.63) is 90.0 Å². The standard InChI is InChI=1S/C25H25N3O2S/c1-27(2)21-11-13-22(14-12-21)28-24(30)17-31-25(28)19-9-6-10-20(16-19)26-23(29)15-18-7-4-3-5-8-18/h3-14,16,25H,15,17H2,1-2H3,(H,26,29). The van der Waals surface area contributed by atoms with E-state index >= 15 is 0 Å². The number of carbonyl (C=O) groups excluding carboxylic acids is 2. The molecule has 2 amide bonds. The highest BCUT2D eigenvalue weighted by molar-refractivity contribution is 8.00. The van der Waals surface area contributed by atoms with E-state index in [2.05, 4.69) is 5.32 Å². The predicted octanol–water partition coefficient (Wildman–Crippen LogP) is 4.71. The van der Waals surface area contributed by atoms with E-state index < -0.39 is 0 Å². The molecule has 1 heterocycles. The third kappa shape index (κ3) is 4.91. The Kier molecular flexibility index (Phi) is 6.28. The summed E-state index contributed by atoms with van der Waals surface area (Å²) in [5.74, 6) is 0.464. The van der Waals surface area contributed by atoms with Crippen molar-refractivity contribution in [2.24, 2.45) is 0 Å². The van der Waals surface area contributed by atoms with Crippen molar-refractivity contribution < 1.29 is 9.59 Å². The minimum Gasteiger partial charge on any atom is -0.378 e. The molecular formula is C25H25N3O2S. The van der Waals surface area contributed by atoms with Gasteiger partial charge in [0.2, 0.25) is 11.8 Å². The third-order valence-corrected chi connectivity index (χ3v) is 6.39. The van der Waals surface area contributed by atoms with Gasteiger partial charge < -0.3 is 10.2 Å². The van der Waals surface area contributed by atoms with E-state index in [0.29, 0.717) is 12.2 Å². The van der Waals surface area contributed by atoms with Crippen LogP contribution in [-0.2, 0) is 16.0 Å². The maximum absolute atomic E-state index is 12.7. The fourth-order valence-corrected chi connectivity index (χ4v) is 4.78. The zero-order chi connectivity index (χ0) is 21.8. The Balaban J connectivity index is 1.51. The summed E-state index contributed by atoms with van der Waals surface area (Å²) in [5.41, 5.74) is 4.67. The average Bonchev–Trinajstić information content (AvgIpc) is 3.16. The van der Waals surface area contributed by atoms with Crippen LogP contribution < -0.4 is 15.1 Å². The molecule has 1 saturated heterocycles. The van der Waals surface area contributed by atoms with Gasteiger partial charge in [-0.3, -0.25) is 14.5 Å². The Morgan fingerprint density at radius 2 is 1.77 bits per heavy atom. The fourth-order valence-electron chi connectivity index (χ4n) is 3.62. The van der Waals surface area contributed by atoms with E-state index in [1.54, 1.807) is 11.8 Å². The van der Waals surface area contributed by atoms with Gasteiger partial charge in [-0.05, 0) is 47.5 Å². The largest absolute Gasteiger partial charge is 0.378 e. The van der Waals surface area contributed by atoms with Gasteiger partial charge in [0.25, 0.3) is 0 Å². The Morgan fingerprint density at radius 1 is 1.03 bits per heavy atom. The van der Waals surface area contributed by atoms with Gasteiger partial charge in [-0.25, -0.2) is 0 Å². The molecule has 3 aromatic rings. The highest BCUT2D eigenvalue weighted by Crippen LogP contribution is 2.42. The summed E-state index contributed by atoms with van der Waals surface area (Å²) in [4.78, 5) is 29.0. The lowest BCUT2D eigenvalue weighted by atomic mass is 10.1. The molecule has 0 radical (unpaired) electrons. The molecule has 0 aliphatic carbocycles. The molecule has 1 fully saturated rings. The van der Waals surface area contributed by atoms with Gasteiger partial charge in [0.15, 0.2) is 0 Å². The number of hydrogen-bond donors (Lipinski definition) is 1. The molecule has 31 heavy (non-hydrogen) atoms. The monoisotopic (exact) mass is 431 g/mol. The lowest BCUT2D eigenvalue weighted by molar-refractivity contribution is -0.116. The first-order chi connectivity index (χ1) is 15.0. The smallest absolute Gasteiger partial charge is 0.238 e. The average molecular weight is 432 g/mol. The third-order valence-electron chi connectivity index (χ3n) is 5.18. The van der Waals surface area contributed by atoms with Gasteiger partial charge in [0, 0.05) is 31.2 Å². The number of nitrogens with one attached hydrogen (secondary N) is 1. The fraction of sp³-hybridized carbons (Fsp3) is 0.200. The maximum Gasteiger partial charge on any atom is 0.238 e. The highest BCUT2D eigenvalue weighted by atomic mass is 32.2. The van der Waals surface area contributed by atoms with Crippen molar-refractivity contribution in [1.82, 2.24) is 0 Å². The van der Waals surface area contributed by atoms with Crippen LogP contribution in [0.15, 0.2) is 78.9 Å². The van der Waals surface area contributed by atoms with Crippen LogP contribution in [0.5, 0.6) is 0 Å². The number of amides is 2. The zero-order valence-corrected chi connectivity index (χ0v) is 18.4. The van der Waals surface area contributed by atoms with Crippen molar-refractivity contribution in [2.75, 3.05) is 35.0 Å². The first kappa shape index (κ1) is 21.0. The Hall–Kier alpha value is -3.25. The van der Waals surface area contributed by atoms with Crippen molar-refractivity contribution >= 4 is 40.6 Å². The molecule has 5 nitrogen and oxygen atoms in total. The van der Waals surface area contributed by atoms with Crippen LogP contribution in [0.4, 0.5) is 17.1 Å². The summed E-state index contributed by atoms with van der Waals surface area (Å²) < 4.78 is 0. The van der Waals surface area contributed by atoms with Gasteiger partial charge in [0.1, 0.15) is 5.37 Å². The Labute approximate surface area is 187 Å². The first-order valence-electron chi connectivity index (χ1n) is 10.2. The highest BCUT2D eigenvalue weighted by Gasteiger charge is 2.34. The normalized spacial score (nSPS) is 15.7. The van der Waals surface area contributed by atoms with Crippen LogP contribution >= 0.6 is 11.8 Å². The minimum atomic E-state index is -0.122. The van der Waals surface area contributed by atoms with E-state index in [1.807, 2.05) is 103 Å². The van der Waals surface area contributed by atoms with Crippen LogP contribution in [0.1, 0.15) is 16.5 Å². The molecule has 1 aliphatic heterocycles. The van der Waals surface area contributed by atoms with Gasteiger partial charge >= 0.3 is 0 Å². The summed E-state index contributed by atoms with van der Waals surface area (Å²) in [6.07, 6.45) is 0.325. The summed E-state index contributed by atoms with van der Waals surface area (Å²) in [6.45, 7) is 0. The van der Waals surface area contributed by atoms with Crippen LogP contribution in [0.3, 0.4) is 0 Å². The lowest BCUT2D eigenvalue weighted by Crippen LogP contribution is -2.28. The molecular weight excluding hydrogens is 406 g/mol. The lowest BCUT2D eigenvalue weighted by Gasteiger charge is -2.25. The number of rotatable bonds is 6. The summed E-state index contributed by atoms with van der Waals surface area (Å²) >= 11 is 1.60. The molecule has 1 aliphatic rings. The molecule has 6 heteroatoms. The number of benzene rings is 3. The topological polar surface area (TPSA) is 52.6 Å². The first-order valence-corrected chi connectivity index (χ1v) is 11.2. The van der Waals surface area contributed by atoms with Gasteiger partial charge in [-0.1, -0.05) is 42.5 Å². The second-order valence-corrected chi connectivity index (χ2v) is 8.74. The van der Waals surface area contributed by atoms with Crippen LogP contribution in [0, 0.1) is 0 Å². The van der Waals surface area contributed by atoms with E-state index in [1.165, 1.54) is 0 Å². The number of anilines is 3. The summed E-state index contributed by atoms with van der Waals surface area (Å²) in [6, 6.07) is 25.4. The van der Waals surface area contributed by atoms with Crippen LogP contribution in [-0.4, -0.2) is 31.7 Å². The molecule has 4 rings (SSSR count). The Morgan fingerprint density at radius 3 is 2.48 bits per heavy atom. The van der Waals surface area contributed by atoms with Crippen LogP contribution in [0.25, 0.3) is 0 Å². The number of thioether (sulfide) groups is 1. The quantitative estimate of drug-likeness (QED) is 0.614. The molecule has 1 unspecified atom stereocenters. The Bertz CT molecular complexity index is 1070. The summed E-state index contributed by atoms with van der Waals surface area (Å²) in [7, 11) is 3.98. The summed E-state index contributed by atoms with van der Waals surface area (Å²) in [5, 5.41) is 2.86. The molecule has 3 aromatic carbocycles. The van der Waals surface area contributed by atoms with E-state index in [4.69, 9.17) is 0 Å². The molecule has 0 aromatic heterocycles. The van der Waals surface area contributed by atoms with Crippen molar-refractivity contribution in [3.63, 3.8) is 0 Å². The van der Waals surface area contributed by atoms with Crippen molar-refractivity contribution in [2.45, 2.75) is 11.8 Å². The van der Waals surface area contributed by atoms with Crippen LogP contribution in [0.2, 0.25) is 0 Å². The van der Waals surface area contributed by atoms with Gasteiger partial charge in [0.05, 0.1) is 12.2 Å². The van der Waals surface area contributed by atoms with E-state index in [0.717, 1.165) is 28.2 Å². The molecule has 0 saturated carbocycles. The molecule has 1 N–H and O–H groups in total. The second-order valence-electron chi connectivity index (χ2n) is 7.67. The van der Waals surface area contributed by atoms with E-state index in [-0.39, 0.29) is 17.2 Å². The molecule has 158 valence electrons. The number of hydrogen-bond acceptors (Lipinski definition) is 4. The molecule has 0 spiro atoms.